The summed E-state index contributed by atoms with van der Waals surface area (Å²) in [5, 5.41) is 0. The Labute approximate surface area is 359 Å². The first kappa shape index (κ1) is 124. The van der Waals surface area contributed by atoms with Gasteiger partial charge in [-0.15, -0.1) is 0 Å². The zero-order valence-electron chi connectivity index (χ0n) is 22.3. The summed E-state index contributed by atoms with van der Waals surface area (Å²) in [6, 6.07) is 0. The van der Waals surface area contributed by atoms with Crippen molar-refractivity contribution in [3.8, 4) is 0 Å². The molecule has 0 saturated heterocycles. The molecule has 0 radical (unpaired) electrons. The van der Waals surface area contributed by atoms with Gasteiger partial charge in [-0.05, 0) is 0 Å². The molecule has 0 aromatic rings. The van der Waals surface area contributed by atoms with E-state index < -0.39 is 55.0 Å². The minimum atomic E-state index is -3.63. The van der Waals surface area contributed by atoms with Crippen molar-refractivity contribution in [2.45, 2.75) is 0 Å². The van der Waals surface area contributed by atoms with Gasteiger partial charge in [-0.3, -0.25) is 0 Å². The van der Waals surface area contributed by atoms with Crippen LogP contribution in [0.4, 0.5) is 0 Å². The summed E-state index contributed by atoms with van der Waals surface area (Å²) in [5.41, 5.74) is 0. The zero-order valence-corrected chi connectivity index (χ0v) is 28.3. The van der Waals surface area contributed by atoms with Crippen molar-refractivity contribution in [2.75, 3.05) is 0 Å². The quantitative estimate of drug-likeness (QED) is 0.257. The molecule has 0 rings (SSSR count). The first-order chi connectivity index (χ1) is 10.4. The maximum absolute atomic E-state index is 8.52. The Morgan fingerprint density at radius 1 is 0.194 bits per heavy atom. The molecule has 0 bridgehead atoms. The molecule has 0 aliphatic heterocycles. The van der Waals surface area contributed by atoms with E-state index in [2.05, 4.69) is 0 Å². The van der Waals surface area contributed by atoms with Crippen molar-refractivity contribution in [3.05, 3.63) is 0 Å². The molecule has 0 spiro atoms. The molecular weight excluding hydrogens is 540 g/mol. The second-order valence-electron chi connectivity index (χ2n) is 1.50. The normalized spacial score (nSPS) is 4.00. The molecule has 0 N–H and O–H groups in total. The van der Waals surface area contributed by atoms with E-state index in [0.29, 0.717) is 0 Å². The van der Waals surface area contributed by atoms with Crippen LogP contribution in [0.1, 0.15) is 0 Å². The fraction of sp³-hybridized carbons (Fsp3) is 0. The van der Waals surface area contributed by atoms with E-state index >= 15 is 0 Å². The summed E-state index contributed by atoms with van der Waals surface area (Å²) < 4.78 is 51.1. The minimum absolute atomic E-state index is 0. The van der Waals surface area contributed by atoms with Crippen LogP contribution in [-0.2, 0) is 26.8 Å². The van der Waals surface area contributed by atoms with Crippen LogP contribution in [0.5, 0.6) is 0 Å². The Hall–Kier alpha value is 4.87. The molecule has 0 aliphatic rings. The number of hydrogen-bond acceptors (Lipinski definition) is 18. The molecule has 18 nitrogen and oxygen atoms in total. The van der Waals surface area contributed by atoms with Gasteiger partial charge in [0.1, 0.15) is 0 Å². The molecule has 0 fully saturated rings. The molecule has 0 aliphatic carbocycles. The molecule has 0 aromatic carbocycles. The van der Waals surface area contributed by atoms with Crippen molar-refractivity contribution in [2.24, 2.45) is 0 Å². The molecule has 0 heterocycles. The van der Waals surface area contributed by atoms with Crippen molar-refractivity contribution < 1.29 is 311 Å². The maximum atomic E-state index is 8.52. The van der Waals surface area contributed by atoms with Crippen LogP contribution in [-0.4, -0.2) is 55.0 Å². The standard InChI is InChI=1S/12Li.6O3Si/c;;;;;;;;;;;;6*1-4(2)3/q12*+1;6*-2. The van der Waals surface area contributed by atoms with E-state index in [0.717, 1.165) is 0 Å². The smallest absolute Gasteiger partial charge is 0.672 e. The monoisotopic (exact) mass is 540 g/mol. The average Bonchev–Trinajstić information content (AvgIpc) is 2.08. The Kier molecular flexibility index (Phi) is 397. The predicted octanol–water partition coefficient (Wildman–Crippen LogP) is -53.2. The molecule has 0 unspecified atom stereocenters. The Morgan fingerprint density at radius 2 is 0.194 bits per heavy atom. The van der Waals surface area contributed by atoms with Crippen LogP contribution < -0.4 is 284 Å². The van der Waals surface area contributed by atoms with Gasteiger partial charge in [0, 0.05) is 55.0 Å². The van der Waals surface area contributed by atoms with Crippen LogP contribution in [0.3, 0.4) is 0 Å². The second kappa shape index (κ2) is 115. The van der Waals surface area contributed by atoms with Gasteiger partial charge in [0.2, 0.25) is 0 Å². The van der Waals surface area contributed by atoms with Crippen molar-refractivity contribution >= 4 is 55.0 Å². The molecule has 144 valence electrons. The summed E-state index contributed by atoms with van der Waals surface area (Å²) in [6.45, 7) is 0. The van der Waals surface area contributed by atoms with Gasteiger partial charge < -0.3 is 84.3 Å². The van der Waals surface area contributed by atoms with Crippen molar-refractivity contribution in [3.63, 3.8) is 0 Å². The fourth-order valence-electron chi connectivity index (χ4n) is 0. The molecule has 0 amide bonds. The van der Waals surface area contributed by atoms with E-state index in [9.17, 15) is 0 Å². The Bertz CT molecular complexity index is 284. The first-order valence-corrected chi connectivity index (χ1v) is 11.0. The topological polar surface area (TPSA) is 379 Å². The third-order valence-corrected chi connectivity index (χ3v) is 0. The molecule has 36 heteroatoms. The molecule has 0 aromatic heterocycles. The number of hydrogen-bond donors (Lipinski definition) is 0. The predicted molar refractivity (Wildman–Crippen MR) is 38.6 cm³/mol. The van der Waals surface area contributed by atoms with Gasteiger partial charge >= 0.3 is 226 Å². The molecule has 0 saturated carbocycles. The van der Waals surface area contributed by atoms with E-state index in [1.54, 1.807) is 0 Å². The summed E-state index contributed by atoms with van der Waals surface area (Å²) in [4.78, 5) is 102. The number of rotatable bonds is 0. The Morgan fingerprint density at radius 3 is 0.194 bits per heavy atom. The molecule has 0 atom stereocenters. The van der Waals surface area contributed by atoms with E-state index in [4.69, 9.17) is 84.3 Å². The van der Waals surface area contributed by atoms with E-state index in [-0.39, 0.29) is 226 Å². The van der Waals surface area contributed by atoms with Gasteiger partial charge in [-0.25, -0.2) is 0 Å². The zero-order chi connectivity index (χ0) is 21.5. The first-order valence-electron chi connectivity index (χ1n) is 3.67. The third kappa shape index (κ3) is 2350. The summed E-state index contributed by atoms with van der Waals surface area (Å²) >= 11 is 0. The van der Waals surface area contributed by atoms with Crippen LogP contribution in [0, 0.1) is 0 Å². The van der Waals surface area contributed by atoms with Gasteiger partial charge in [-0.1, -0.05) is 0 Å². The fourth-order valence-corrected chi connectivity index (χ4v) is 0. The summed E-state index contributed by atoms with van der Waals surface area (Å²) in [5.74, 6) is 0. The third-order valence-electron chi connectivity index (χ3n) is 0. The molecular formula is Li12O18Si6. The van der Waals surface area contributed by atoms with Crippen LogP contribution >= 0.6 is 0 Å². The van der Waals surface area contributed by atoms with Crippen molar-refractivity contribution in [1.29, 1.82) is 0 Å². The summed E-state index contributed by atoms with van der Waals surface area (Å²) in [6.07, 6.45) is 0. The van der Waals surface area contributed by atoms with E-state index in [1.165, 1.54) is 0 Å². The second-order valence-corrected chi connectivity index (χ2v) is 4.50. The van der Waals surface area contributed by atoms with E-state index in [1.807, 2.05) is 0 Å². The van der Waals surface area contributed by atoms with Gasteiger partial charge in [0.15, 0.2) is 0 Å². The van der Waals surface area contributed by atoms with Crippen LogP contribution in [0.25, 0.3) is 0 Å². The van der Waals surface area contributed by atoms with Gasteiger partial charge in [0.25, 0.3) is 0 Å². The van der Waals surface area contributed by atoms with Crippen molar-refractivity contribution in [1.82, 2.24) is 0 Å². The largest absolute Gasteiger partial charge is 1.00 e. The average molecular weight is 540 g/mol. The maximum Gasteiger partial charge on any atom is 1.00 e. The summed E-state index contributed by atoms with van der Waals surface area (Å²) in [7, 11) is -21.8. The van der Waals surface area contributed by atoms with Crippen LogP contribution in [0.15, 0.2) is 0 Å². The Balaban J connectivity index is -0.00000000633. The SMILES string of the molecule is O=[Si]([O-])[O-].O=[Si]([O-])[O-].O=[Si]([O-])[O-].O=[Si]([O-])[O-].O=[Si]([O-])[O-].O=[Si]([O-])[O-].[Li+].[Li+].[Li+].[Li+].[Li+].[Li+].[Li+].[Li+].[Li+].[Li+].[Li+].[Li+]. The van der Waals surface area contributed by atoms with Crippen LogP contribution in [0.2, 0.25) is 0 Å². The van der Waals surface area contributed by atoms with Gasteiger partial charge in [-0.2, -0.15) is 0 Å². The minimum Gasteiger partial charge on any atom is -0.672 e. The molecule has 36 heavy (non-hydrogen) atoms. The van der Waals surface area contributed by atoms with Gasteiger partial charge in [0.05, 0.1) is 0 Å².